The highest BCUT2D eigenvalue weighted by atomic mass is 32.2. The molecule has 0 saturated carbocycles. The number of aryl methyl sites for hydroxylation is 1. The number of nitrogens with zero attached hydrogens (tertiary/aromatic N) is 1. The van der Waals surface area contributed by atoms with Crippen molar-refractivity contribution in [3.05, 3.63) is 18.2 Å². The van der Waals surface area contributed by atoms with Crippen LogP contribution in [0.25, 0.3) is 0 Å². The smallest absolute Gasteiger partial charge is 0.106 e. The minimum absolute atomic E-state index is 0.548. The summed E-state index contributed by atoms with van der Waals surface area (Å²) < 4.78 is 11.2. The van der Waals surface area contributed by atoms with Crippen molar-refractivity contribution in [2.24, 2.45) is 0 Å². The molecular weight excluding hydrogens is 222 g/mol. The summed E-state index contributed by atoms with van der Waals surface area (Å²) in [5.74, 6) is 2.80. The topological polar surface area (TPSA) is 57.8 Å². The van der Waals surface area contributed by atoms with Crippen LogP contribution in [0, 0.1) is 0 Å². The van der Waals surface area contributed by atoms with Crippen LogP contribution in [0.15, 0.2) is 12.4 Å². The second kappa shape index (κ2) is 6.15. The Hall–Kier alpha value is -0.680. The molecule has 0 spiro atoms. The van der Waals surface area contributed by atoms with Crippen LogP contribution < -0.4 is 5.32 Å². The third kappa shape index (κ3) is 3.72. The lowest BCUT2D eigenvalue weighted by molar-refractivity contribution is 0.470. The summed E-state index contributed by atoms with van der Waals surface area (Å²) in [6.45, 7) is 1.03. The molecule has 1 fully saturated rings. The zero-order valence-corrected chi connectivity index (χ0v) is 10.3. The van der Waals surface area contributed by atoms with Gasteiger partial charge in [-0.25, -0.2) is 4.98 Å². The molecule has 0 bridgehead atoms. The van der Waals surface area contributed by atoms with Crippen LogP contribution >= 0.6 is 0 Å². The van der Waals surface area contributed by atoms with E-state index in [-0.39, 0.29) is 0 Å². The Morgan fingerprint density at radius 1 is 1.50 bits per heavy atom. The number of aromatic amines is 1. The van der Waals surface area contributed by atoms with E-state index in [1.54, 1.807) is 6.20 Å². The highest BCUT2D eigenvalue weighted by Gasteiger charge is 2.16. The molecule has 16 heavy (non-hydrogen) atoms. The Morgan fingerprint density at radius 3 is 3.00 bits per heavy atom. The second-order valence-electron chi connectivity index (χ2n) is 4.22. The first-order valence-corrected chi connectivity index (χ1v) is 7.40. The van der Waals surface area contributed by atoms with Crippen molar-refractivity contribution in [2.75, 3.05) is 18.1 Å². The maximum absolute atomic E-state index is 11.2. The van der Waals surface area contributed by atoms with Crippen LogP contribution in [-0.2, 0) is 17.2 Å². The van der Waals surface area contributed by atoms with Crippen molar-refractivity contribution >= 4 is 10.8 Å². The quantitative estimate of drug-likeness (QED) is 0.751. The number of aromatic nitrogens is 2. The molecule has 2 rings (SSSR count). The second-order valence-corrected chi connectivity index (χ2v) is 5.91. The lowest BCUT2D eigenvalue weighted by atomic mass is 10.1. The summed E-state index contributed by atoms with van der Waals surface area (Å²) in [5, 5.41) is 3.53. The van der Waals surface area contributed by atoms with Crippen molar-refractivity contribution in [2.45, 2.75) is 31.7 Å². The summed E-state index contributed by atoms with van der Waals surface area (Å²) in [7, 11) is -0.548. The predicted molar refractivity (Wildman–Crippen MR) is 65.8 cm³/mol. The molecule has 0 radical (unpaired) electrons. The first kappa shape index (κ1) is 11.8. The molecule has 1 saturated heterocycles. The van der Waals surface area contributed by atoms with Gasteiger partial charge in [0.2, 0.25) is 0 Å². The average Bonchev–Trinajstić information content (AvgIpc) is 2.80. The molecule has 0 aromatic carbocycles. The molecule has 4 nitrogen and oxygen atoms in total. The molecule has 90 valence electrons. The van der Waals surface area contributed by atoms with Gasteiger partial charge in [0.05, 0.1) is 0 Å². The highest BCUT2D eigenvalue weighted by molar-refractivity contribution is 7.85. The zero-order chi connectivity index (χ0) is 11.2. The lowest BCUT2D eigenvalue weighted by Crippen LogP contribution is -2.36. The monoisotopic (exact) mass is 241 g/mol. The fourth-order valence-corrected chi connectivity index (χ4v) is 3.29. The molecule has 0 unspecified atom stereocenters. The van der Waals surface area contributed by atoms with Gasteiger partial charge in [-0.1, -0.05) is 0 Å². The van der Waals surface area contributed by atoms with Gasteiger partial charge < -0.3 is 10.3 Å². The van der Waals surface area contributed by atoms with Crippen LogP contribution in [0.3, 0.4) is 0 Å². The molecule has 2 heterocycles. The number of hydrogen-bond acceptors (Lipinski definition) is 3. The zero-order valence-electron chi connectivity index (χ0n) is 9.45. The molecule has 0 atom stereocenters. The van der Waals surface area contributed by atoms with Gasteiger partial charge in [0, 0.05) is 47.2 Å². The van der Waals surface area contributed by atoms with Crippen molar-refractivity contribution in [3.63, 3.8) is 0 Å². The van der Waals surface area contributed by atoms with Gasteiger partial charge in [-0.15, -0.1) is 0 Å². The third-order valence-corrected chi connectivity index (χ3v) is 4.35. The average molecular weight is 241 g/mol. The van der Waals surface area contributed by atoms with E-state index in [0.29, 0.717) is 6.04 Å². The van der Waals surface area contributed by atoms with Crippen LogP contribution in [0.5, 0.6) is 0 Å². The maximum Gasteiger partial charge on any atom is 0.106 e. The van der Waals surface area contributed by atoms with E-state index in [1.165, 1.54) is 0 Å². The Balaban J connectivity index is 1.56. The molecule has 1 aliphatic heterocycles. The molecular formula is C11H19N3OS. The Labute approximate surface area is 98.7 Å². The van der Waals surface area contributed by atoms with Crippen LogP contribution in [0.2, 0.25) is 0 Å². The van der Waals surface area contributed by atoms with E-state index in [2.05, 4.69) is 15.3 Å². The highest BCUT2D eigenvalue weighted by Crippen LogP contribution is 2.09. The SMILES string of the molecule is O=S1CCC(NCCCc2ncc[nH]2)CC1. The molecule has 0 aliphatic carbocycles. The molecule has 1 aromatic heterocycles. The molecule has 2 N–H and O–H groups in total. The van der Waals surface area contributed by atoms with E-state index < -0.39 is 10.8 Å². The lowest BCUT2D eigenvalue weighted by Gasteiger charge is -2.22. The summed E-state index contributed by atoms with van der Waals surface area (Å²) in [5.41, 5.74) is 0. The van der Waals surface area contributed by atoms with Crippen molar-refractivity contribution in [3.8, 4) is 0 Å². The largest absolute Gasteiger partial charge is 0.349 e. The van der Waals surface area contributed by atoms with Gasteiger partial charge in [0.1, 0.15) is 5.82 Å². The van der Waals surface area contributed by atoms with Crippen molar-refractivity contribution in [1.82, 2.24) is 15.3 Å². The third-order valence-electron chi connectivity index (χ3n) is 2.97. The normalized spacial score (nSPS) is 25.8. The van der Waals surface area contributed by atoms with Gasteiger partial charge in [-0.05, 0) is 25.8 Å². The summed E-state index contributed by atoms with van der Waals surface area (Å²) in [4.78, 5) is 7.29. The van der Waals surface area contributed by atoms with Gasteiger partial charge in [-0.3, -0.25) is 4.21 Å². The standard InChI is InChI=1S/C11H19N3OS/c15-16-8-3-10(4-9-16)12-5-1-2-11-13-6-7-14-11/h6-7,10,12H,1-5,8-9H2,(H,13,14). The maximum atomic E-state index is 11.2. The first-order chi connectivity index (χ1) is 7.84. The Kier molecular flexibility index (Phi) is 4.54. The van der Waals surface area contributed by atoms with E-state index >= 15 is 0 Å². The first-order valence-electron chi connectivity index (χ1n) is 5.91. The van der Waals surface area contributed by atoms with Crippen LogP contribution in [0.4, 0.5) is 0 Å². The number of imidazole rings is 1. The van der Waals surface area contributed by atoms with Gasteiger partial charge in [0.15, 0.2) is 0 Å². The van der Waals surface area contributed by atoms with Gasteiger partial charge in [-0.2, -0.15) is 0 Å². The molecule has 1 aliphatic rings. The van der Waals surface area contributed by atoms with Crippen LogP contribution in [-0.4, -0.2) is 38.3 Å². The minimum Gasteiger partial charge on any atom is -0.349 e. The number of nitrogens with one attached hydrogen (secondary N) is 2. The molecule has 5 heteroatoms. The number of H-pyrrole nitrogens is 1. The number of rotatable bonds is 5. The van der Waals surface area contributed by atoms with Crippen molar-refractivity contribution < 1.29 is 4.21 Å². The van der Waals surface area contributed by atoms with Crippen LogP contribution in [0.1, 0.15) is 25.1 Å². The minimum atomic E-state index is -0.548. The van der Waals surface area contributed by atoms with E-state index in [4.69, 9.17) is 0 Å². The Bertz CT molecular complexity index is 316. The fourth-order valence-electron chi connectivity index (χ4n) is 1.99. The van der Waals surface area contributed by atoms with Gasteiger partial charge in [0.25, 0.3) is 0 Å². The van der Waals surface area contributed by atoms with Gasteiger partial charge >= 0.3 is 0 Å². The van der Waals surface area contributed by atoms with E-state index in [1.807, 2.05) is 6.20 Å². The Morgan fingerprint density at radius 2 is 2.31 bits per heavy atom. The van der Waals surface area contributed by atoms with E-state index in [0.717, 1.165) is 49.6 Å². The molecule has 1 aromatic rings. The van der Waals surface area contributed by atoms with Crippen molar-refractivity contribution in [1.29, 1.82) is 0 Å². The van der Waals surface area contributed by atoms with E-state index in [9.17, 15) is 4.21 Å². The summed E-state index contributed by atoms with van der Waals surface area (Å²) in [6, 6.07) is 0.578. The number of hydrogen-bond donors (Lipinski definition) is 2. The summed E-state index contributed by atoms with van der Waals surface area (Å²) in [6.07, 6.45) is 7.88. The molecule has 0 amide bonds. The summed E-state index contributed by atoms with van der Waals surface area (Å²) >= 11 is 0. The fraction of sp³-hybridized carbons (Fsp3) is 0.727. The predicted octanol–water partition coefficient (Wildman–Crippen LogP) is 0.843.